The van der Waals surface area contributed by atoms with Gasteiger partial charge in [-0.05, 0) is 83.9 Å². The van der Waals surface area contributed by atoms with Gasteiger partial charge in [-0.3, -0.25) is 0 Å². The highest BCUT2D eigenvalue weighted by molar-refractivity contribution is 6.10. The third-order valence-electron chi connectivity index (χ3n) is 10.2. The van der Waals surface area contributed by atoms with Gasteiger partial charge in [0.25, 0.3) is 0 Å². The molecule has 0 saturated carbocycles. The van der Waals surface area contributed by atoms with Crippen molar-refractivity contribution in [2.75, 3.05) is 4.90 Å². The monoisotopic (exact) mass is 690 g/mol. The summed E-state index contributed by atoms with van der Waals surface area (Å²) in [6.07, 6.45) is 0. The molecule has 4 nitrogen and oxygen atoms in total. The molecule has 2 aromatic heterocycles. The Labute approximate surface area is 313 Å². The van der Waals surface area contributed by atoms with E-state index in [1.165, 1.54) is 16.5 Å². The highest BCUT2D eigenvalue weighted by Crippen LogP contribution is 2.39. The predicted octanol–water partition coefficient (Wildman–Crippen LogP) is 13.2. The van der Waals surface area contributed by atoms with Crippen LogP contribution in [0.5, 0.6) is 0 Å². The molecule has 0 aliphatic heterocycles. The average molecular weight is 691 g/mol. The Kier molecular flexibility index (Phi) is 7.77. The number of hydrogen-bond acceptors (Lipinski definition) is 3. The minimum atomic E-state index is 0.706. The van der Waals surface area contributed by atoms with Crippen LogP contribution in [0.4, 0.5) is 17.1 Å². The van der Waals surface area contributed by atoms with E-state index in [1.807, 2.05) is 12.1 Å². The van der Waals surface area contributed by atoms with E-state index in [2.05, 4.69) is 204 Å². The number of para-hydroxylation sites is 4. The molecule has 10 aromatic rings. The smallest absolute Gasteiger partial charge is 0.160 e. The number of fused-ring (bicyclic) bond motifs is 4. The first kappa shape index (κ1) is 31.4. The summed E-state index contributed by atoms with van der Waals surface area (Å²) in [5.41, 5.74) is 12.9. The Balaban J connectivity index is 1.10. The molecule has 0 atom stereocenters. The van der Waals surface area contributed by atoms with Gasteiger partial charge in [0.1, 0.15) is 0 Å². The van der Waals surface area contributed by atoms with E-state index in [0.717, 1.165) is 66.9 Å². The van der Waals surface area contributed by atoms with E-state index in [1.54, 1.807) is 0 Å². The molecule has 0 radical (unpaired) electrons. The molecule has 54 heavy (non-hydrogen) atoms. The van der Waals surface area contributed by atoms with E-state index in [4.69, 9.17) is 9.97 Å². The largest absolute Gasteiger partial charge is 0.310 e. The first-order chi connectivity index (χ1) is 26.8. The number of nitrogens with zero attached hydrogens (tertiary/aromatic N) is 4. The van der Waals surface area contributed by atoms with Crippen LogP contribution in [-0.2, 0) is 0 Å². The van der Waals surface area contributed by atoms with Crippen LogP contribution < -0.4 is 4.90 Å². The molecule has 0 N–H and O–H groups in total. The van der Waals surface area contributed by atoms with Crippen molar-refractivity contribution in [1.82, 2.24) is 14.5 Å². The summed E-state index contributed by atoms with van der Waals surface area (Å²) < 4.78 is 2.37. The number of aromatic nitrogens is 3. The standard InChI is InChI=1S/C50H34N4/c1-4-15-35(16-5-1)36-27-29-37(30-28-36)49-44-24-10-12-25-46(44)51-50(52-49)38-31-32-48-45(33-38)43-23-11-13-26-47(43)54(48)42-22-14-21-41(34-42)53(39-17-6-2-7-18-39)40-19-8-3-9-20-40/h1-34H. The fourth-order valence-corrected chi connectivity index (χ4v) is 7.64. The lowest BCUT2D eigenvalue weighted by atomic mass is 10.0. The van der Waals surface area contributed by atoms with Crippen molar-refractivity contribution in [3.05, 3.63) is 206 Å². The first-order valence-corrected chi connectivity index (χ1v) is 18.3. The molecule has 254 valence electrons. The predicted molar refractivity (Wildman–Crippen MR) is 225 cm³/mol. The van der Waals surface area contributed by atoms with Crippen LogP contribution in [0.3, 0.4) is 0 Å². The molecule has 4 heteroatoms. The van der Waals surface area contributed by atoms with Crippen molar-refractivity contribution in [2.45, 2.75) is 0 Å². The summed E-state index contributed by atoms with van der Waals surface area (Å²) in [5, 5.41) is 3.37. The molecule has 0 aliphatic rings. The lowest BCUT2D eigenvalue weighted by Gasteiger charge is -2.26. The van der Waals surface area contributed by atoms with Crippen molar-refractivity contribution in [1.29, 1.82) is 0 Å². The van der Waals surface area contributed by atoms with Gasteiger partial charge >= 0.3 is 0 Å². The van der Waals surface area contributed by atoms with Gasteiger partial charge < -0.3 is 9.47 Å². The lowest BCUT2D eigenvalue weighted by Crippen LogP contribution is -2.10. The van der Waals surface area contributed by atoms with Crippen molar-refractivity contribution in [3.63, 3.8) is 0 Å². The molecule has 0 aliphatic carbocycles. The van der Waals surface area contributed by atoms with Crippen LogP contribution in [-0.4, -0.2) is 14.5 Å². The molecule has 2 heterocycles. The molecule has 0 spiro atoms. The molecule has 0 bridgehead atoms. The molecule has 0 unspecified atom stereocenters. The maximum atomic E-state index is 5.26. The minimum Gasteiger partial charge on any atom is -0.310 e. The zero-order valence-electron chi connectivity index (χ0n) is 29.4. The van der Waals surface area contributed by atoms with Crippen LogP contribution in [0, 0.1) is 0 Å². The Hall–Kier alpha value is -7.30. The Morgan fingerprint density at radius 2 is 0.907 bits per heavy atom. The summed E-state index contributed by atoms with van der Waals surface area (Å²) >= 11 is 0. The lowest BCUT2D eigenvalue weighted by molar-refractivity contribution is 1.17. The Bertz CT molecular complexity index is 2880. The van der Waals surface area contributed by atoms with Crippen LogP contribution in [0.15, 0.2) is 206 Å². The summed E-state index contributed by atoms with van der Waals surface area (Å²) in [6.45, 7) is 0. The minimum absolute atomic E-state index is 0.706. The molecular formula is C50H34N4. The summed E-state index contributed by atoms with van der Waals surface area (Å²) in [4.78, 5) is 12.7. The highest BCUT2D eigenvalue weighted by atomic mass is 15.1. The van der Waals surface area contributed by atoms with Gasteiger partial charge in [-0.1, -0.05) is 133 Å². The van der Waals surface area contributed by atoms with Crippen LogP contribution in [0.25, 0.3) is 72.2 Å². The van der Waals surface area contributed by atoms with Crippen molar-refractivity contribution < 1.29 is 0 Å². The SMILES string of the molecule is c1ccc(-c2ccc(-c3nc(-c4ccc5c(c4)c4ccccc4n5-c4cccc(N(c5ccccc5)c5ccccc5)c4)nc4ccccc34)cc2)cc1. The van der Waals surface area contributed by atoms with E-state index in [-0.39, 0.29) is 0 Å². The second-order valence-corrected chi connectivity index (χ2v) is 13.5. The summed E-state index contributed by atoms with van der Waals surface area (Å²) in [7, 11) is 0. The number of rotatable bonds is 7. The normalized spacial score (nSPS) is 11.3. The van der Waals surface area contributed by atoms with E-state index in [9.17, 15) is 0 Å². The zero-order chi connectivity index (χ0) is 35.8. The first-order valence-electron chi connectivity index (χ1n) is 18.3. The summed E-state index contributed by atoms with van der Waals surface area (Å²) in [5.74, 6) is 0.706. The average Bonchev–Trinajstić information content (AvgIpc) is 3.58. The topological polar surface area (TPSA) is 34.0 Å². The van der Waals surface area contributed by atoms with Crippen molar-refractivity contribution >= 4 is 49.8 Å². The van der Waals surface area contributed by atoms with Crippen LogP contribution >= 0.6 is 0 Å². The maximum absolute atomic E-state index is 5.26. The quantitative estimate of drug-likeness (QED) is 0.167. The van der Waals surface area contributed by atoms with Gasteiger partial charge in [0, 0.05) is 50.0 Å². The Morgan fingerprint density at radius 1 is 0.352 bits per heavy atom. The number of benzene rings is 8. The molecule has 0 saturated heterocycles. The van der Waals surface area contributed by atoms with Gasteiger partial charge in [-0.2, -0.15) is 0 Å². The fourth-order valence-electron chi connectivity index (χ4n) is 7.64. The van der Waals surface area contributed by atoms with E-state index in [0.29, 0.717) is 5.82 Å². The van der Waals surface area contributed by atoms with Gasteiger partial charge in [0.2, 0.25) is 0 Å². The van der Waals surface area contributed by atoms with Gasteiger partial charge in [-0.15, -0.1) is 0 Å². The molecule has 0 amide bonds. The summed E-state index contributed by atoms with van der Waals surface area (Å²) in [6, 6.07) is 72.6. The van der Waals surface area contributed by atoms with Gasteiger partial charge in [0.05, 0.1) is 22.2 Å². The molecular weight excluding hydrogens is 657 g/mol. The fraction of sp³-hybridized carbons (Fsp3) is 0. The Morgan fingerprint density at radius 3 is 1.65 bits per heavy atom. The second-order valence-electron chi connectivity index (χ2n) is 13.5. The third-order valence-corrected chi connectivity index (χ3v) is 10.2. The third kappa shape index (κ3) is 5.58. The van der Waals surface area contributed by atoms with Crippen LogP contribution in [0.2, 0.25) is 0 Å². The van der Waals surface area contributed by atoms with Gasteiger partial charge in [-0.25, -0.2) is 9.97 Å². The molecule has 0 fully saturated rings. The number of anilines is 3. The number of hydrogen-bond donors (Lipinski definition) is 0. The zero-order valence-corrected chi connectivity index (χ0v) is 29.4. The van der Waals surface area contributed by atoms with E-state index < -0.39 is 0 Å². The maximum Gasteiger partial charge on any atom is 0.160 e. The highest BCUT2D eigenvalue weighted by Gasteiger charge is 2.18. The van der Waals surface area contributed by atoms with Crippen molar-refractivity contribution in [3.8, 4) is 39.5 Å². The second kappa shape index (κ2) is 13.4. The molecule has 10 rings (SSSR count). The van der Waals surface area contributed by atoms with E-state index >= 15 is 0 Å². The van der Waals surface area contributed by atoms with Crippen LogP contribution in [0.1, 0.15) is 0 Å². The van der Waals surface area contributed by atoms with Crippen molar-refractivity contribution in [2.24, 2.45) is 0 Å². The molecule has 8 aromatic carbocycles. The van der Waals surface area contributed by atoms with Gasteiger partial charge in [0.15, 0.2) is 5.82 Å².